The van der Waals surface area contributed by atoms with E-state index in [0.717, 1.165) is 30.0 Å². The highest BCUT2D eigenvalue weighted by atomic mass is 32.1. The molecular weight excluding hydrogens is 240 g/mol. The quantitative estimate of drug-likeness (QED) is 0.831. The van der Waals surface area contributed by atoms with E-state index in [1.54, 1.807) is 11.3 Å². The Bertz CT molecular complexity index is 617. The average Bonchev–Trinajstić information content (AvgIpc) is 2.99. The summed E-state index contributed by atoms with van der Waals surface area (Å²) in [5.41, 5.74) is 3.35. The first-order valence-corrected chi connectivity index (χ1v) is 7.01. The van der Waals surface area contributed by atoms with Gasteiger partial charge < -0.3 is 0 Å². The third-order valence-corrected chi connectivity index (χ3v) is 4.29. The highest BCUT2D eigenvalue weighted by molar-refractivity contribution is 7.09. The summed E-state index contributed by atoms with van der Waals surface area (Å²) in [4.78, 5) is 4.66. The van der Waals surface area contributed by atoms with E-state index in [9.17, 15) is 0 Å². The van der Waals surface area contributed by atoms with Gasteiger partial charge in [-0.2, -0.15) is 5.26 Å². The van der Waals surface area contributed by atoms with Crippen LogP contribution in [0.25, 0.3) is 11.3 Å². The van der Waals surface area contributed by atoms with Crippen LogP contribution in [0, 0.1) is 23.7 Å². The standard InChI is InChI=1S/C15H14N2S/c1-11-3-2-4-12(7-11)13-9-18-14(17-13)8-15(10-16)5-6-15/h2-4,7,9H,5-6,8H2,1H3. The second-order valence-corrected chi connectivity index (χ2v) is 6.01. The van der Waals surface area contributed by atoms with Crippen molar-refractivity contribution >= 4 is 11.3 Å². The first-order chi connectivity index (χ1) is 8.71. The van der Waals surface area contributed by atoms with Crippen LogP contribution < -0.4 is 0 Å². The smallest absolute Gasteiger partial charge is 0.0948 e. The molecule has 0 bridgehead atoms. The van der Waals surface area contributed by atoms with Crippen molar-refractivity contribution < 1.29 is 0 Å². The molecule has 1 saturated carbocycles. The zero-order valence-corrected chi connectivity index (χ0v) is 11.1. The third kappa shape index (κ3) is 2.16. The fourth-order valence-electron chi connectivity index (χ4n) is 2.10. The van der Waals surface area contributed by atoms with Crippen molar-refractivity contribution in [2.45, 2.75) is 26.2 Å². The molecule has 2 aromatic rings. The highest BCUT2D eigenvalue weighted by Gasteiger charge is 2.43. The summed E-state index contributed by atoms with van der Waals surface area (Å²) in [5, 5.41) is 12.3. The van der Waals surface area contributed by atoms with Crippen LogP contribution in [-0.2, 0) is 6.42 Å². The van der Waals surface area contributed by atoms with Crippen molar-refractivity contribution in [3.8, 4) is 17.3 Å². The largest absolute Gasteiger partial charge is 0.241 e. The molecule has 1 fully saturated rings. The molecule has 1 aromatic heterocycles. The minimum atomic E-state index is -0.0955. The van der Waals surface area contributed by atoms with E-state index in [0.29, 0.717) is 0 Å². The molecule has 1 aromatic carbocycles. The van der Waals surface area contributed by atoms with E-state index in [4.69, 9.17) is 5.26 Å². The molecule has 18 heavy (non-hydrogen) atoms. The number of thiazole rings is 1. The summed E-state index contributed by atoms with van der Waals surface area (Å²) < 4.78 is 0. The van der Waals surface area contributed by atoms with Crippen LogP contribution >= 0.6 is 11.3 Å². The summed E-state index contributed by atoms with van der Waals surface area (Å²) >= 11 is 1.67. The number of benzene rings is 1. The zero-order valence-electron chi connectivity index (χ0n) is 10.3. The van der Waals surface area contributed by atoms with E-state index in [1.165, 1.54) is 11.1 Å². The molecule has 3 rings (SSSR count). The average molecular weight is 254 g/mol. The van der Waals surface area contributed by atoms with E-state index in [1.807, 2.05) is 0 Å². The summed E-state index contributed by atoms with van der Waals surface area (Å²) in [7, 11) is 0. The topological polar surface area (TPSA) is 36.7 Å². The van der Waals surface area contributed by atoms with Crippen LogP contribution in [0.15, 0.2) is 29.6 Å². The first kappa shape index (κ1) is 11.4. The van der Waals surface area contributed by atoms with Crippen molar-refractivity contribution in [3.63, 3.8) is 0 Å². The molecule has 90 valence electrons. The lowest BCUT2D eigenvalue weighted by Gasteiger charge is -2.01. The number of rotatable bonds is 3. The Kier molecular flexibility index (Phi) is 2.68. The second kappa shape index (κ2) is 4.22. The molecule has 1 aliphatic carbocycles. The van der Waals surface area contributed by atoms with Crippen molar-refractivity contribution in [3.05, 3.63) is 40.2 Å². The van der Waals surface area contributed by atoms with Gasteiger partial charge in [0, 0.05) is 17.4 Å². The molecule has 0 atom stereocenters. The maximum absolute atomic E-state index is 9.10. The lowest BCUT2D eigenvalue weighted by Crippen LogP contribution is -2.00. The van der Waals surface area contributed by atoms with Crippen LogP contribution in [0.5, 0.6) is 0 Å². The maximum Gasteiger partial charge on any atom is 0.0948 e. The molecule has 1 aliphatic rings. The summed E-state index contributed by atoms with van der Waals surface area (Å²) in [6, 6.07) is 10.8. The predicted octanol–water partition coefficient (Wildman–Crippen LogP) is 3.96. The molecular formula is C15H14N2S. The van der Waals surface area contributed by atoms with Gasteiger partial charge in [0.15, 0.2) is 0 Å². The molecule has 0 aliphatic heterocycles. The molecule has 0 radical (unpaired) electrons. The van der Waals surface area contributed by atoms with Crippen molar-refractivity contribution in [1.82, 2.24) is 4.98 Å². The Morgan fingerprint density at radius 2 is 2.28 bits per heavy atom. The second-order valence-electron chi connectivity index (χ2n) is 5.06. The maximum atomic E-state index is 9.10. The Morgan fingerprint density at radius 1 is 1.44 bits per heavy atom. The Labute approximate surface area is 111 Å². The van der Waals surface area contributed by atoms with Gasteiger partial charge in [-0.15, -0.1) is 11.3 Å². The van der Waals surface area contributed by atoms with Crippen LogP contribution in [0.2, 0.25) is 0 Å². The number of nitriles is 1. The van der Waals surface area contributed by atoms with Gasteiger partial charge in [-0.05, 0) is 25.8 Å². The lowest BCUT2D eigenvalue weighted by molar-refractivity contribution is 0.662. The van der Waals surface area contributed by atoms with Crippen molar-refractivity contribution in [1.29, 1.82) is 5.26 Å². The fraction of sp³-hybridized carbons (Fsp3) is 0.333. The number of hydrogen-bond donors (Lipinski definition) is 0. The Balaban J connectivity index is 1.84. The first-order valence-electron chi connectivity index (χ1n) is 6.13. The van der Waals surface area contributed by atoms with Crippen LogP contribution in [-0.4, -0.2) is 4.98 Å². The van der Waals surface area contributed by atoms with Crippen LogP contribution in [0.1, 0.15) is 23.4 Å². The minimum absolute atomic E-state index is 0.0955. The van der Waals surface area contributed by atoms with Gasteiger partial charge in [-0.1, -0.05) is 23.8 Å². The van der Waals surface area contributed by atoms with E-state index >= 15 is 0 Å². The van der Waals surface area contributed by atoms with Gasteiger partial charge in [-0.25, -0.2) is 4.98 Å². The van der Waals surface area contributed by atoms with Gasteiger partial charge in [0.05, 0.1) is 22.2 Å². The molecule has 1 heterocycles. The fourth-order valence-corrected chi connectivity index (χ4v) is 3.04. The van der Waals surface area contributed by atoms with Gasteiger partial charge in [0.1, 0.15) is 0 Å². The zero-order chi connectivity index (χ0) is 12.6. The molecule has 0 amide bonds. The Morgan fingerprint density at radius 3 is 2.94 bits per heavy atom. The van der Waals surface area contributed by atoms with Crippen molar-refractivity contribution in [2.75, 3.05) is 0 Å². The van der Waals surface area contributed by atoms with Crippen LogP contribution in [0.4, 0.5) is 0 Å². The molecule has 0 saturated heterocycles. The number of aryl methyl sites for hydroxylation is 1. The lowest BCUT2D eigenvalue weighted by atomic mass is 10.1. The Hall–Kier alpha value is -1.66. The normalized spacial score (nSPS) is 16.2. The number of nitrogens with zero attached hydrogens (tertiary/aromatic N) is 2. The third-order valence-electron chi connectivity index (χ3n) is 3.45. The number of hydrogen-bond acceptors (Lipinski definition) is 3. The molecule has 0 unspecified atom stereocenters. The highest BCUT2D eigenvalue weighted by Crippen LogP contribution is 2.48. The monoisotopic (exact) mass is 254 g/mol. The number of aromatic nitrogens is 1. The SMILES string of the molecule is Cc1cccc(-c2csc(CC3(C#N)CC3)n2)c1. The predicted molar refractivity (Wildman–Crippen MR) is 73.3 cm³/mol. The minimum Gasteiger partial charge on any atom is -0.241 e. The van der Waals surface area contributed by atoms with Gasteiger partial charge in [0.2, 0.25) is 0 Å². The summed E-state index contributed by atoms with van der Waals surface area (Å²) in [6.45, 7) is 2.09. The van der Waals surface area contributed by atoms with Gasteiger partial charge >= 0.3 is 0 Å². The molecule has 0 spiro atoms. The molecule has 2 nitrogen and oxygen atoms in total. The summed E-state index contributed by atoms with van der Waals surface area (Å²) in [5.74, 6) is 0. The molecule has 0 N–H and O–H groups in total. The van der Waals surface area contributed by atoms with Crippen LogP contribution in [0.3, 0.4) is 0 Å². The van der Waals surface area contributed by atoms with E-state index < -0.39 is 0 Å². The van der Waals surface area contributed by atoms with E-state index in [-0.39, 0.29) is 5.41 Å². The van der Waals surface area contributed by atoms with E-state index in [2.05, 4.69) is 47.6 Å². The van der Waals surface area contributed by atoms with Gasteiger partial charge in [0.25, 0.3) is 0 Å². The molecule has 3 heteroatoms. The summed E-state index contributed by atoms with van der Waals surface area (Å²) in [6.07, 6.45) is 2.88. The van der Waals surface area contributed by atoms with Crippen molar-refractivity contribution in [2.24, 2.45) is 5.41 Å². The van der Waals surface area contributed by atoms with Gasteiger partial charge in [-0.3, -0.25) is 0 Å².